The fourth-order valence-corrected chi connectivity index (χ4v) is 2.49. The van der Waals surface area contributed by atoms with E-state index in [1.54, 1.807) is 24.3 Å². The number of aromatic nitrogens is 5. The number of halogens is 1. The number of nitrogens with one attached hydrogen (secondary N) is 2. The first kappa shape index (κ1) is 18.6. The highest BCUT2D eigenvalue weighted by Gasteiger charge is 2.20. The molecule has 0 aliphatic heterocycles. The standard InChI is InChI=1S/C16H19N7O.ClH/c1-17-15(12-8-20-22(2)10-12)16(24)18-9-14-21-19-11-23(14)13-6-4-3-5-7-13;/h3-8,10-11,15,17H,9H2,1-2H3,(H,18,24);1H. The van der Waals surface area contributed by atoms with Crippen molar-refractivity contribution in [1.29, 1.82) is 0 Å². The highest BCUT2D eigenvalue weighted by atomic mass is 35.5. The molecule has 1 aromatic carbocycles. The molecule has 0 saturated carbocycles. The predicted octanol–water partition coefficient (Wildman–Crippen LogP) is 0.999. The number of carbonyl (C=O) groups excluding carboxylic acids is 1. The summed E-state index contributed by atoms with van der Waals surface area (Å²) in [6.07, 6.45) is 5.12. The lowest BCUT2D eigenvalue weighted by Crippen LogP contribution is -2.36. The zero-order chi connectivity index (χ0) is 16.9. The summed E-state index contributed by atoms with van der Waals surface area (Å²) in [6.45, 7) is 0.284. The Bertz CT molecular complexity index is 815. The summed E-state index contributed by atoms with van der Waals surface area (Å²) in [6, 6.07) is 9.28. The number of hydrogen-bond donors (Lipinski definition) is 2. The monoisotopic (exact) mass is 361 g/mol. The van der Waals surface area contributed by atoms with Gasteiger partial charge in [0.1, 0.15) is 12.4 Å². The number of carbonyl (C=O) groups is 1. The molecular formula is C16H20ClN7O. The molecule has 0 aliphatic carbocycles. The molecular weight excluding hydrogens is 342 g/mol. The first-order chi connectivity index (χ1) is 11.7. The summed E-state index contributed by atoms with van der Waals surface area (Å²) < 4.78 is 3.51. The second-order valence-corrected chi connectivity index (χ2v) is 5.34. The zero-order valence-corrected chi connectivity index (χ0v) is 14.8. The van der Waals surface area contributed by atoms with E-state index in [1.165, 1.54) is 0 Å². The Morgan fingerprint density at radius 3 is 2.68 bits per heavy atom. The molecule has 0 radical (unpaired) electrons. The Kier molecular flexibility index (Phi) is 6.26. The van der Waals surface area contributed by atoms with Crippen LogP contribution in [0, 0.1) is 0 Å². The largest absolute Gasteiger partial charge is 0.347 e. The highest BCUT2D eigenvalue weighted by molar-refractivity contribution is 5.85. The third-order valence-corrected chi connectivity index (χ3v) is 3.68. The molecule has 0 aliphatic rings. The minimum absolute atomic E-state index is 0. The first-order valence-electron chi connectivity index (χ1n) is 7.57. The number of benzene rings is 1. The van der Waals surface area contributed by atoms with Crippen molar-refractivity contribution in [3.05, 3.63) is 60.4 Å². The first-order valence-corrected chi connectivity index (χ1v) is 7.57. The number of hydrogen-bond acceptors (Lipinski definition) is 5. The maximum atomic E-state index is 12.5. The molecule has 0 fully saturated rings. The lowest BCUT2D eigenvalue weighted by Gasteiger charge is -2.14. The van der Waals surface area contributed by atoms with E-state index in [0.717, 1.165) is 11.3 Å². The lowest BCUT2D eigenvalue weighted by molar-refractivity contribution is -0.123. The molecule has 2 heterocycles. The Hall–Kier alpha value is -2.71. The Balaban J connectivity index is 0.00000225. The fraction of sp³-hybridized carbons (Fsp3) is 0.250. The van der Waals surface area contributed by atoms with Gasteiger partial charge in [-0.05, 0) is 19.2 Å². The van der Waals surface area contributed by atoms with Crippen LogP contribution in [0.3, 0.4) is 0 Å². The summed E-state index contributed by atoms with van der Waals surface area (Å²) in [5.74, 6) is 0.517. The fourth-order valence-electron chi connectivity index (χ4n) is 2.49. The minimum atomic E-state index is -0.466. The van der Waals surface area contributed by atoms with Gasteiger partial charge in [-0.15, -0.1) is 22.6 Å². The summed E-state index contributed by atoms with van der Waals surface area (Å²) in [4.78, 5) is 12.5. The van der Waals surface area contributed by atoms with E-state index in [9.17, 15) is 4.79 Å². The van der Waals surface area contributed by atoms with Crippen molar-refractivity contribution in [2.45, 2.75) is 12.6 Å². The van der Waals surface area contributed by atoms with Crippen molar-refractivity contribution in [2.24, 2.45) is 7.05 Å². The molecule has 2 aromatic heterocycles. The molecule has 25 heavy (non-hydrogen) atoms. The van der Waals surface area contributed by atoms with E-state index in [4.69, 9.17) is 0 Å². The van der Waals surface area contributed by atoms with Crippen LogP contribution in [-0.4, -0.2) is 37.5 Å². The van der Waals surface area contributed by atoms with Gasteiger partial charge in [-0.25, -0.2) is 0 Å². The number of aryl methyl sites for hydroxylation is 1. The molecule has 9 heteroatoms. The molecule has 8 nitrogen and oxygen atoms in total. The molecule has 0 saturated heterocycles. The smallest absolute Gasteiger partial charge is 0.242 e. The van der Waals surface area contributed by atoms with Crippen molar-refractivity contribution in [3.63, 3.8) is 0 Å². The van der Waals surface area contributed by atoms with Crippen molar-refractivity contribution < 1.29 is 4.79 Å². The molecule has 0 bridgehead atoms. The van der Waals surface area contributed by atoms with Gasteiger partial charge in [0, 0.05) is 24.5 Å². The van der Waals surface area contributed by atoms with Crippen LogP contribution in [0.4, 0.5) is 0 Å². The van der Waals surface area contributed by atoms with Gasteiger partial charge in [0.2, 0.25) is 5.91 Å². The molecule has 1 unspecified atom stereocenters. The Labute approximate surface area is 151 Å². The van der Waals surface area contributed by atoms with Crippen molar-refractivity contribution in [2.75, 3.05) is 7.05 Å². The predicted molar refractivity (Wildman–Crippen MR) is 95.5 cm³/mol. The van der Waals surface area contributed by atoms with E-state index in [1.807, 2.05) is 48.1 Å². The van der Waals surface area contributed by atoms with Crippen molar-refractivity contribution in [1.82, 2.24) is 35.2 Å². The van der Waals surface area contributed by atoms with Gasteiger partial charge in [0.15, 0.2) is 5.82 Å². The van der Waals surface area contributed by atoms with Gasteiger partial charge < -0.3 is 10.6 Å². The van der Waals surface area contributed by atoms with Gasteiger partial charge in [-0.1, -0.05) is 18.2 Å². The second kappa shape index (κ2) is 8.41. The number of amides is 1. The normalized spacial score (nSPS) is 11.6. The van der Waals surface area contributed by atoms with Gasteiger partial charge in [-0.3, -0.25) is 14.0 Å². The highest BCUT2D eigenvalue weighted by Crippen LogP contribution is 2.12. The van der Waals surface area contributed by atoms with Crippen LogP contribution >= 0.6 is 12.4 Å². The van der Waals surface area contributed by atoms with Crippen molar-refractivity contribution in [3.8, 4) is 5.69 Å². The van der Waals surface area contributed by atoms with Gasteiger partial charge in [0.05, 0.1) is 12.7 Å². The third kappa shape index (κ3) is 4.23. The summed E-state index contributed by atoms with van der Waals surface area (Å²) in [5, 5.41) is 18.0. The minimum Gasteiger partial charge on any atom is -0.347 e. The topological polar surface area (TPSA) is 89.7 Å². The molecule has 1 amide bonds. The molecule has 3 aromatic rings. The number of likely N-dealkylation sites (N-methyl/N-ethyl adjacent to an activating group) is 1. The molecule has 3 rings (SSSR count). The Morgan fingerprint density at radius 1 is 1.28 bits per heavy atom. The Morgan fingerprint density at radius 2 is 2.04 bits per heavy atom. The molecule has 1 atom stereocenters. The number of nitrogens with zero attached hydrogens (tertiary/aromatic N) is 5. The average molecular weight is 362 g/mol. The molecule has 2 N–H and O–H groups in total. The number of para-hydroxylation sites is 1. The van der Waals surface area contributed by atoms with Crippen LogP contribution in [0.1, 0.15) is 17.4 Å². The van der Waals surface area contributed by atoms with Crippen LogP contribution in [0.15, 0.2) is 49.1 Å². The van der Waals surface area contributed by atoms with E-state index < -0.39 is 6.04 Å². The zero-order valence-electron chi connectivity index (χ0n) is 14.0. The number of rotatable bonds is 6. The van der Waals surface area contributed by atoms with Gasteiger partial charge in [-0.2, -0.15) is 5.10 Å². The maximum Gasteiger partial charge on any atom is 0.242 e. The van der Waals surface area contributed by atoms with Crippen LogP contribution in [0.25, 0.3) is 5.69 Å². The SMILES string of the molecule is CNC(C(=O)NCc1nncn1-c1ccccc1)c1cnn(C)c1.Cl. The summed E-state index contributed by atoms with van der Waals surface area (Å²) >= 11 is 0. The van der Waals surface area contributed by atoms with E-state index >= 15 is 0 Å². The summed E-state index contributed by atoms with van der Waals surface area (Å²) in [5.41, 5.74) is 1.76. The maximum absolute atomic E-state index is 12.5. The van der Waals surface area contributed by atoms with Crippen LogP contribution < -0.4 is 10.6 Å². The third-order valence-electron chi connectivity index (χ3n) is 3.68. The lowest BCUT2D eigenvalue weighted by atomic mass is 10.1. The molecule has 0 spiro atoms. The molecule has 132 valence electrons. The van der Waals surface area contributed by atoms with Crippen LogP contribution in [0.5, 0.6) is 0 Å². The van der Waals surface area contributed by atoms with Gasteiger partial charge >= 0.3 is 0 Å². The quantitative estimate of drug-likeness (QED) is 0.683. The van der Waals surface area contributed by atoms with Crippen LogP contribution in [-0.2, 0) is 18.4 Å². The van der Waals surface area contributed by atoms with E-state index in [-0.39, 0.29) is 24.9 Å². The van der Waals surface area contributed by atoms with Crippen LogP contribution in [0.2, 0.25) is 0 Å². The van der Waals surface area contributed by atoms with Crippen molar-refractivity contribution >= 4 is 18.3 Å². The van der Waals surface area contributed by atoms with Gasteiger partial charge in [0.25, 0.3) is 0 Å². The van der Waals surface area contributed by atoms with E-state index in [2.05, 4.69) is 25.9 Å². The second-order valence-electron chi connectivity index (χ2n) is 5.34. The average Bonchev–Trinajstić information content (AvgIpc) is 3.23. The van der Waals surface area contributed by atoms with E-state index in [0.29, 0.717) is 5.82 Å². The summed E-state index contributed by atoms with van der Waals surface area (Å²) in [7, 11) is 3.56.